The van der Waals surface area contributed by atoms with Crippen LogP contribution in [-0.2, 0) is 22.5 Å². The molecule has 1 heterocycles. The van der Waals surface area contributed by atoms with Crippen molar-refractivity contribution in [3.63, 3.8) is 0 Å². The summed E-state index contributed by atoms with van der Waals surface area (Å²) in [5.74, 6) is 2.25. The number of methoxy groups -OCH3 is 3. The zero-order valence-corrected chi connectivity index (χ0v) is 29.5. The number of nitrogens with zero attached hydrogens (tertiary/aromatic N) is 1. The number of amides is 1. The third kappa shape index (κ3) is 7.75. The second kappa shape index (κ2) is 15.7. The van der Waals surface area contributed by atoms with Crippen molar-refractivity contribution in [3.8, 4) is 23.0 Å². The van der Waals surface area contributed by atoms with Gasteiger partial charge in [0.2, 0.25) is 5.90 Å². The zero-order valence-electron chi connectivity index (χ0n) is 26.3. The van der Waals surface area contributed by atoms with Crippen LogP contribution in [0, 0.1) is 0 Å². The number of hydrogen-bond donors (Lipinski definition) is 2. The monoisotopic (exact) mass is 766 g/mol. The largest absolute Gasteiger partial charge is 0.496 e. The van der Waals surface area contributed by atoms with E-state index >= 15 is 0 Å². The van der Waals surface area contributed by atoms with Gasteiger partial charge in [-0.15, -0.1) is 0 Å². The maximum atomic E-state index is 14.7. The Balaban J connectivity index is 1.58. The quantitative estimate of drug-likeness (QED) is 0.136. The average Bonchev–Trinajstić information content (AvgIpc) is 3.48. The lowest BCUT2D eigenvalue weighted by molar-refractivity contribution is -0.129. The second-order valence-corrected chi connectivity index (χ2v) is 12.6. The van der Waals surface area contributed by atoms with Crippen LogP contribution in [0.4, 0.5) is 0 Å². The van der Waals surface area contributed by atoms with Gasteiger partial charge in [0.25, 0.3) is 5.91 Å². The van der Waals surface area contributed by atoms with E-state index in [0.717, 1.165) is 20.1 Å². The first-order valence-corrected chi connectivity index (χ1v) is 16.6. The van der Waals surface area contributed by atoms with Crippen LogP contribution in [0.15, 0.2) is 98.9 Å². The van der Waals surface area contributed by atoms with Gasteiger partial charge in [-0.05, 0) is 48.0 Å². The highest BCUT2D eigenvalue weighted by atomic mass is 79.9. The van der Waals surface area contributed by atoms with E-state index in [-0.39, 0.29) is 25.5 Å². The molecular formula is C36H36Br2N2O7. The summed E-state index contributed by atoms with van der Waals surface area (Å²) in [6.07, 6.45) is 0.00505. The van der Waals surface area contributed by atoms with Crippen LogP contribution < -0.4 is 24.3 Å². The number of halogens is 2. The van der Waals surface area contributed by atoms with Crippen LogP contribution in [0.2, 0.25) is 0 Å². The summed E-state index contributed by atoms with van der Waals surface area (Å²) in [4.78, 5) is 19.9. The van der Waals surface area contributed by atoms with Crippen LogP contribution in [0.1, 0.15) is 34.8 Å². The molecule has 5 rings (SSSR count). The van der Waals surface area contributed by atoms with E-state index in [1.165, 1.54) is 0 Å². The van der Waals surface area contributed by atoms with Gasteiger partial charge >= 0.3 is 0 Å². The third-order valence-electron chi connectivity index (χ3n) is 7.85. The number of carbonyl (C=O) groups is 1. The van der Waals surface area contributed by atoms with Crippen molar-refractivity contribution >= 4 is 43.7 Å². The molecule has 0 radical (unpaired) electrons. The predicted octanol–water partition coefficient (Wildman–Crippen LogP) is 6.81. The third-order valence-corrected chi connectivity index (χ3v) is 9.10. The van der Waals surface area contributed by atoms with Crippen molar-refractivity contribution in [3.05, 3.63) is 116 Å². The van der Waals surface area contributed by atoms with E-state index in [2.05, 4.69) is 37.2 Å². The van der Waals surface area contributed by atoms with Crippen LogP contribution >= 0.6 is 31.9 Å². The first-order valence-electron chi connectivity index (χ1n) is 15.0. The molecule has 11 heteroatoms. The van der Waals surface area contributed by atoms with E-state index in [1.807, 2.05) is 72.8 Å². The van der Waals surface area contributed by atoms with Gasteiger partial charge in [-0.3, -0.25) is 4.79 Å². The zero-order chi connectivity index (χ0) is 33.4. The van der Waals surface area contributed by atoms with Crippen LogP contribution in [0.25, 0.3) is 0 Å². The van der Waals surface area contributed by atoms with Crippen molar-refractivity contribution in [2.24, 2.45) is 4.99 Å². The molecule has 2 N–H and O–H groups in total. The molecular weight excluding hydrogens is 732 g/mol. The lowest BCUT2D eigenvalue weighted by Gasteiger charge is -2.31. The van der Waals surface area contributed by atoms with E-state index in [4.69, 9.17) is 33.8 Å². The molecule has 0 fully saturated rings. The van der Waals surface area contributed by atoms with E-state index in [1.54, 1.807) is 33.5 Å². The number of rotatable bonds is 14. The molecule has 9 nitrogen and oxygen atoms in total. The van der Waals surface area contributed by atoms with Gasteiger partial charge in [0.15, 0.2) is 11.6 Å². The van der Waals surface area contributed by atoms with Crippen LogP contribution in [-0.4, -0.2) is 57.0 Å². The lowest BCUT2D eigenvalue weighted by atomic mass is 9.82. The Kier molecular flexibility index (Phi) is 11.4. The maximum Gasteiger partial charge on any atom is 0.252 e. The maximum absolute atomic E-state index is 14.7. The summed E-state index contributed by atoms with van der Waals surface area (Å²) >= 11 is 7.22. The molecule has 1 aliphatic heterocycles. The smallest absolute Gasteiger partial charge is 0.252 e. The standard InChI is InChI=1S/C36H36Br2N2O7/c1-43-27-19-31(44-2)29(32(20-27)45-3)22-39-35(42)36(21-23-9-13-25(37)14-10-23)33(28-7-4-5-8-30(28)38)47-34(40-36)24-11-15-26(16-12-24)46-18-6-17-41/h4-5,7-16,19-20,33,41H,6,17-18,21-22H2,1-3H3,(H,39,42)/t33-,36-/m1/s1. The second-order valence-electron chi connectivity index (χ2n) is 10.8. The molecule has 0 spiro atoms. The summed E-state index contributed by atoms with van der Waals surface area (Å²) in [7, 11) is 4.68. The fourth-order valence-electron chi connectivity index (χ4n) is 5.43. The predicted molar refractivity (Wildman–Crippen MR) is 187 cm³/mol. The van der Waals surface area contributed by atoms with E-state index < -0.39 is 11.6 Å². The molecule has 246 valence electrons. The Morgan fingerprint density at radius 2 is 1.60 bits per heavy atom. The van der Waals surface area contributed by atoms with Gasteiger partial charge in [-0.1, -0.05) is 62.2 Å². The number of nitrogens with one attached hydrogen (secondary N) is 1. The van der Waals surface area contributed by atoms with Crippen molar-refractivity contribution in [2.75, 3.05) is 34.5 Å². The van der Waals surface area contributed by atoms with Crippen molar-refractivity contribution in [2.45, 2.75) is 31.0 Å². The Labute approximate surface area is 291 Å². The summed E-state index contributed by atoms with van der Waals surface area (Å²) in [6, 6.07) is 26.4. The van der Waals surface area contributed by atoms with E-state index in [0.29, 0.717) is 53.1 Å². The number of carbonyl (C=O) groups excluding carboxylic acids is 1. The minimum atomic E-state index is -1.41. The molecule has 4 aromatic carbocycles. The van der Waals surface area contributed by atoms with Crippen LogP contribution in [0.3, 0.4) is 0 Å². The Morgan fingerprint density at radius 1 is 0.915 bits per heavy atom. The number of aliphatic hydroxyl groups is 1. The van der Waals surface area contributed by atoms with Crippen molar-refractivity contribution < 1.29 is 33.6 Å². The Hall–Kier alpha value is -4.06. The van der Waals surface area contributed by atoms with Gasteiger partial charge in [0.1, 0.15) is 23.0 Å². The van der Waals surface area contributed by atoms with Gasteiger partial charge in [0.05, 0.1) is 40.0 Å². The molecule has 0 aliphatic carbocycles. The van der Waals surface area contributed by atoms with Gasteiger partial charge in [-0.25, -0.2) is 4.99 Å². The highest BCUT2D eigenvalue weighted by Crippen LogP contribution is 2.45. The molecule has 47 heavy (non-hydrogen) atoms. The van der Waals surface area contributed by atoms with Crippen molar-refractivity contribution in [1.82, 2.24) is 5.32 Å². The summed E-state index contributed by atoms with van der Waals surface area (Å²) in [5.41, 5.74) is 1.63. The molecule has 0 unspecified atom stereocenters. The first kappa shape index (κ1) is 34.3. The molecule has 0 saturated carbocycles. The first-order chi connectivity index (χ1) is 22.8. The minimum Gasteiger partial charge on any atom is -0.496 e. The molecule has 0 saturated heterocycles. The molecule has 4 aromatic rings. The molecule has 1 amide bonds. The van der Waals surface area contributed by atoms with Gasteiger partial charge < -0.3 is 34.1 Å². The molecule has 0 bridgehead atoms. The number of hydrogen-bond acceptors (Lipinski definition) is 8. The normalized spacial score (nSPS) is 17.0. The fraction of sp³-hybridized carbons (Fsp3) is 0.278. The molecule has 2 atom stereocenters. The highest BCUT2D eigenvalue weighted by Gasteiger charge is 2.53. The van der Waals surface area contributed by atoms with Crippen molar-refractivity contribution in [1.29, 1.82) is 0 Å². The number of aliphatic imine (C=N–C) groups is 1. The topological polar surface area (TPSA) is 108 Å². The Morgan fingerprint density at radius 3 is 2.21 bits per heavy atom. The van der Waals surface area contributed by atoms with Gasteiger partial charge in [-0.2, -0.15) is 0 Å². The summed E-state index contributed by atoms with van der Waals surface area (Å²) in [6.45, 7) is 0.558. The summed E-state index contributed by atoms with van der Waals surface area (Å²) in [5, 5.41) is 12.2. The summed E-state index contributed by atoms with van der Waals surface area (Å²) < 4.78 is 30.8. The van der Waals surface area contributed by atoms with E-state index in [9.17, 15) is 4.79 Å². The fourth-order valence-corrected chi connectivity index (χ4v) is 6.19. The Bertz CT molecular complexity index is 1690. The molecule has 1 aliphatic rings. The molecule has 0 aromatic heterocycles. The number of benzene rings is 4. The SMILES string of the molecule is COc1cc(OC)c(CNC(=O)[C@]2(Cc3ccc(Br)cc3)N=C(c3ccc(OCCCO)cc3)O[C@@H]2c2ccccc2Br)c(OC)c1. The minimum absolute atomic E-state index is 0.0553. The highest BCUT2D eigenvalue weighted by molar-refractivity contribution is 9.10. The van der Waals surface area contributed by atoms with Crippen LogP contribution in [0.5, 0.6) is 23.0 Å². The number of ether oxygens (including phenoxy) is 5. The number of aliphatic hydroxyl groups excluding tert-OH is 1. The van der Waals surface area contributed by atoms with Gasteiger partial charge in [0, 0.05) is 51.7 Å². The average molecular weight is 768 g/mol. The lowest BCUT2D eigenvalue weighted by Crippen LogP contribution is -2.49.